The number of aliphatic imine (C=N–C) groups is 1. The fourth-order valence-corrected chi connectivity index (χ4v) is 2.69. The number of benzene rings is 1. The number of nitrogens with one attached hydrogen (secondary N) is 2. The molecule has 0 unspecified atom stereocenters. The maximum atomic E-state index is 12.5. The maximum Gasteiger partial charge on any atom is 0.416 e. The third-order valence-corrected chi connectivity index (χ3v) is 4.14. The van der Waals surface area contributed by atoms with Gasteiger partial charge >= 0.3 is 6.18 Å². The summed E-state index contributed by atoms with van der Waals surface area (Å²) in [6.45, 7) is 1.16. The highest BCUT2D eigenvalue weighted by molar-refractivity contribution is 14.0. The molecule has 0 aliphatic heterocycles. The highest BCUT2D eigenvalue weighted by atomic mass is 127. The largest absolute Gasteiger partial charge is 0.416 e. The Kier molecular flexibility index (Phi) is 8.54. The molecule has 0 aliphatic rings. The number of nitrogens with zero attached hydrogens (tertiary/aromatic N) is 1. The number of guanidine groups is 1. The molecule has 132 valence electrons. The lowest BCUT2D eigenvalue weighted by Crippen LogP contribution is -2.37. The van der Waals surface area contributed by atoms with Crippen LogP contribution in [0.5, 0.6) is 0 Å². The first kappa shape index (κ1) is 20.8. The fourth-order valence-electron chi connectivity index (χ4n) is 1.98. The molecule has 1 aromatic heterocycles. The summed E-state index contributed by atoms with van der Waals surface area (Å²) in [4.78, 5) is 5.38. The molecule has 0 saturated carbocycles. The molecule has 0 radical (unpaired) electrons. The minimum atomic E-state index is -4.30. The minimum Gasteiger partial charge on any atom is -0.356 e. The zero-order chi connectivity index (χ0) is 16.7. The number of rotatable bonds is 5. The van der Waals surface area contributed by atoms with Crippen LogP contribution in [-0.4, -0.2) is 19.6 Å². The highest BCUT2D eigenvalue weighted by Crippen LogP contribution is 2.28. The molecule has 0 atom stereocenters. The summed E-state index contributed by atoms with van der Waals surface area (Å²) in [6, 6.07) is 9.19. The van der Waals surface area contributed by atoms with E-state index in [1.165, 1.54) is 17.0 Å². The molecule has 0 aliphatic carbocycles. The smallest absolute Gasteiger partial charge is 0.356 e. The Morgan fingerprint density at radius 3 is 2.38 bits per heavy atom. The molecule has 2 N–H and O–H groups in total. The van der Waals surface area contributed by atoms with E-state index in [0.29, 0.717) is 12.5 Å². The van der Waals surface area contributed by atoms with Gasteiger partial charge in [0.25, 0.3) is 0 Å². The van der Waals surface area contributed by atoms with Gasteiger partial charge in [-0.3, -0.25) is 4.99 Å². The van der Waals surface area contributed by atoms with Crippen LogP contribution in [0.1, 0.15) is 16.0 Å². The van der Waals surface area contributed by atoms with Crippen LogP contribution in [0.25, 0.3) is 0 Å². The van der Waals surface area contributed by atoms with Crippen LogP contribution in [0.4, 0.5) is 13.2 Å². The number of alkyl halides is 3. The van der Waals surface area contributed by atoms with Gasteiger partial charge in [-0.25, -0.2) is 0 Å². The molecule has 0 amide bonds. The Hall–Kier alpha value is -1.29. The van der Waals surface area contributed by atoms with Crippen molar-refractivity contribution in [3.63, 3.8) is 0 Å². The lowest BCUT2D eigenvalue weighted by Gasteiger charge is -2.12. The molecule has 1 heterocycles. The van der Waals surface area contributed by atoms with Crippen molar-refractivity contribution in [3.8, 4) is 0 Å². The number of hydrogen-bond donors (Lipinski definition) is 2. The van der Waals surface area contributed by atoms with E-state index in [0.717, 1.165) is 30.7 Å². The molecular weight excluding hydrogens is 450 g/mol. The maximum absolute atomic E-state index is 12.5. The van der Waals surface area contributed by atoms with Crippen molar-refractivity contribution >= 4 is 41.3 Å². The summed E-state index contributed by atoms with van der Waals surface area (Å²) in [5.41, 5.74) is 0.124. The first-order valence-electron chi connectivity index (χ1n) is 7.12. The highest BCUT2D eigenvalue weighted by Gasteiger charge is 2.29. The summed E-state index contributed by atoms with van der Waals surface area (Å²) in [5.74, 6) is 0.626. The Labute approximate surface area is 160 Å². The van der Waals surface area contributed by atoms with E-state index in [4.69, 9.17) is 0 Å². The second-order valence-corrected chi connectivity index (χ2v) is 5.91. The zero-order valence-electron chi connectivity index (χ0n) is 13.1. The lowest BCUT2D eigenvalue weighted by atomic mass is 10.1. The minimum absolute atomic E-state index is 0. The van der Waals surface area contributed by atoms with Crippen molar-refractivity contribution in [2.75, 3.05) is 13.6 Å². The van der Waals surface area contributed by atoms with Gasteiger partial charge in [0, 0.05) is 25.0 Å². The third-order valence-electron chi connectivity index (χ3n) is 3.21. The van der Waals surface area contributed by atoms with E-state index in [1.54, 1.807) is 18.4 Å². The summed E-state index contributed by atoms with van der Waals surface area (Å²) < 4.78 is 37.5. The standard InChI is InChI=1S/C16H18F3N3S.HI/c1-20-15(21-9-8-14-3-2-10-23-14)22-11-12-4-6-13(7-5-12)16(17,18)19;/h2-7,10H,8-9,11H2,1H3,(H2,20,21,22);1H. The van der Waals surface area contributed by atoms with E-state index < -0.39 is 11.7 Å². The van der Waals surface area contributed by atoms with Crippen LogP contribution in [-0.2, 0) is 19.1 Å². The van der Waals surface area contributed by atoms with Crippen LogP contribution in [0.15, 0.2) is 46.8 Å². The van der Waals surface area contributed by atoms with Gasteiger partial charge in [0.15, 0.2) is 5.96 Å². The SMILES string of the molecule is CN=C(NCCc1cccs1)NCc1ccc(C(F)(F)F)cc1.I. The molecule has 0 bridgehead atoms. The van der Waals surface area contributed by atoms with Crippen molar-refractivity contribution < 1.29 is 13.2 Å². The van der Waals surface area contributed by atoms with Crippen LogP contribution < -0.4 is 10.6 Å². The average molecular weight is 469 g/mol. The van der Waals surface area contributed by atoms with Crippen LogP contribution in [0.3, 0.4) is 0 Å². The second kappa shape index (κ2) is 9.87. The van der Waals surface area contributed by atoms with Crippen molar-refractivity contribution in [1.29, 1.82) is 0 Å². The molecule has 1 aromatic carbocycles. The van der Waals surface area contributed by atoms with Gasteiger partial charge in [0.1, 0.15) is 0 Å². The molecule has 0 fully saturated rings. The lowest BCUT2D eigenvalue weighted by molar-refractivity contribution is -0.137. The van der Waals surface area contributed by atoms with Gasteiger partial charge in [-0.2, -0.15) is 13.2 Å². The van der Waals surface area contributed by atoms with E-state index >= 15 is 0 Å². The number of halogens is 4. The first-order valence-corrected chi connectivity index (χ1v) is 8.00. The Morgan fingerprint density at radius 2 is 1.83 bits per heavy atom. The monoisotopic (exact) mass is 469 g/mol. The zero-order valence-corrected chi connectivity index (χ0v) is 16.2. The normalized spacial score (nSPS) is 11.8. The van der Waals surface area contributed by atoms with Crippen molar-refractivity contribution in [1.82, 2.24) is 10.6 Å². The predicted octanol–water partition coefficient (Wildman–Crippen LogP) is 4.29. The van der Waals surface area contributed by atoms with Gasteiger partial charge in [-0.05, 0) is 35.6 Å². The predicted molar refractivity (Wildman–Crippen MR) is 103 cm³/mol. The van der Waals surface area contributed by atoms with Crippen LogP contribution in [0.2, 0.25) is 0 Å². The summed E-state index contributed by atoms with van der Waals surface area (Å²) in [6.07, 6.45) is -3.40. The second-order valence-electron chi connectivity index (χ2n) is 4.88. The fraction of sp³-hybridized carbons (Fsp3) is 0.312. The molecule has 2 aromatic rings. The van der Waals surface area contributed by atoms with Gasteiger partial charge in [-0.1, -0.05) is 18.2 Å². The molecule has 8 heteroatoms. The molecule has 0 saturated heterocycles. The summed E-state index contributed by atoms with van der Waals surface area (Å²) >= 11 is 1.70. The molecule has 2 rings (SSSR count). The Morgan fingerprint density at radius 1 is 1.12 bits per heavy atom. The van der Waals surface area contributed by atoms with Crippen molar-refractivity contribution in [3.05, 3.63) is 57.8 Å². The number of thiophene rings is 1. The topological polar surface area (TPSA) is 36.4 Å². The third kappa shape index (κ3) is 6.68. The Balaban J connectivity index is 0.00000288. The van der Waals surface area contributed by atoms with Crippen molar-refractivity contribution in [2.45, 2.75) is 19.1 Å². The van der Waals surface area contributed by atoms with Crippen LogP contribution in [0, 0.1) is 0 Å². The molecule has 24 heavy (non-hydrogen) atoms. The van der Waals surface area contributed by atoms with E-state index in [2.05, 4.69) is 21.7 Å². The molecule has 0 spiro atoms. The summed E-state index contributed by atoms with van der Waals surface area (Å²) in [7, 11) is 1.66. The first-order chi connectivity index (χ1) is 11.0. The molecule has 3 nitrogen and oxygen atoms in total. The van der Waals surface area contributed by atoms with E-state index in [-0.39, 0.29) is 24.0 Å². The average Bonchev–Trinajstić information content (AvgIpc) is 3.03. The van der Waals surface area contributed by atoms with Gasteiger partial charge in [-0.15, -0.1) is 35.3 Å². The quantitative estimate of drug-likeness (QED) is 0.390. The summed E-state index contributed by atoms with van der Waals surface area (Å²) in [5, 5.41) is 8.30. The van der Waals surface area contributed by atoms with E-state index in [1.807, 2.05) is 11.4 Å². The van der Waals surface area contributed by atoms with E-state index in [9.17, 15) is 13.2 Å². The van der Waals surface area contributed by atoms with Gasteiger partial charge in [0.2, 0.25) is 0 Å². The Bertz CT molecular complexity index is 625. The van der Waals surface area contributed by atoms with Crippen molar-refractivity contribution in [2.24, 2.45) is 4.99 Å². The van der Waals surface area contributed by atoms with Gasteiger partial charge in [0.05, 0.1) is 5.56 Å². The number of hydrogen-bond acceptors (Lipinski definition) is 2. The van der Waals surface area contributed by atoms with Crippen LogP contribution >= 0.6 is 35.3 Å². The molecular formula is C16H19F3IN3S. The van der Waals surface area contributed by atoms with Gasteiger partial charge < -0.3 is 10.6 Å².